The van der Waals surface area contributed by atoms with Crippen LogP contribution in [0.1, 0.15) is 35.8 Å². The topological polar surface area (TPSA) is 58.2 Å². The molecular weight excluding hydrogens is 383 g/mol. The van der Waals surface area contributed by atoms with Crippen molar-refractivity contribution in [1.82, 2.24) is 10.6 Å². The molecule has 2 atom stereocenters. The summed E-state index contributed by atoms with van der Waals surface area (Å²) in [5.74, 6) is -0.669. The van der Waals surface area contributed by atoms with Crippen LogP contribution in [-0.2, 0) is 4.79 Å². The molecule has 0 aliphatic carbocycles. The van der Waals surface area contributed by atoms with Crippen LogP contribution in [0, 0.1) is 0 Å². The minimum Gasteiger partial charge on any atom is -0.348 e. The van der Waals surface area contributed by atoms with Crippen molar-refractivity contribution in [3.05, 3.63) is 68.7 Å². The minimum absolute atomic E-state index is 0.319. The van der Waals surface area contributed by atoms with Crippen LogP contribution in [0.5, 0.6) is 0 Å². The van der Waals surface area contributed by atoms with Gasteiger partial charge in [0.15, 0.2) is 0 Å². The van der Waals surface area contributed by atoms with E-state index in [4.69, 9.17) is 34.8 Å². The lowest BCUT2D eigenvalue weighted by Gasteiger charge is -2.20. The van der Waals surface area contributed by atoms with E-state index in [-0.39, 0.29) is 17.9 Å². The molecule has 4 nitrogen and oxygen atoms in total. The zero-order chi connectivity index (χ0) is 18.6. The summed E-state index contributed by atoms with van der Waals surface area (Å²) in [6.45, 7) is 3.42. The summed E-state index contributed by atoms with van der Waals surface area (Å²) in [7, 11) is 0. The van der Waals surface area contributed by atoms with Crippen LogP contribution in [0.25, 0.3) is 0 Å². The molecule has 0 fully saturated rings. The molecule has 0 aliphatic heterocycles. The third kappa shape index (κ3) is 5.36. The van der Waals surface area contributed by atoms with Gasteiger partial charge in [-0.15, -0.1) is 0 Å². The van der Waals surface area contributed by atoms with E-state index < -0.39 is 6.04 Å². The van der Waals surface area contributed by atoms with Gasteiger partial charge in [0.1, 0.15) is 6.04 Å². The quantitative estimate of drug-likeness (QED) is 0.769. The highest BCUT2D eigenvalue weighted by Gasteiger charge is 2.20. The number of amides is 2. The molecular formula is C18H17Cl3N2O2. The van der Waals surface area contributed by atoms with Crippen molar-refractivity contribution in [2.75, 3.05) is 0 Å². The van der Waals surface area contributed by atoms with Crippen LogP contribution < -0.4 is 10.6 Å². The largest absolute Gasteiger partial charge is 0.348 e. The summed E-state index contributed by atoms with van der Waals surface area (Å²) in [4.78, 5) is 24.5. The number of nitrogens with one attached hydrogen (secondary N) is 2. The van der Waals surface area contributed by atoms with Gasteiger partial charge in [-0.3, -0.25) is 9.59 Å². The molecule has 2 unspecified atom stereocenters. The summed E-state index contributed by atoms with van der Waals surface area (Å²) in [5.41, 5.74) is 1.17. The van der Waals surface area contributed by atoms with Gasteiger partial charge in [-0.05, 0) is 55.8 Å². The van der Waals surface area contributed by atoms with Gasteiger partial charge in [-0.1, -0.05) is 40.9 Å². The Labute approximate surface area is 161 Å². The lowest BCUT2D eigenvalue weighted by Crippen LogP contribution is -2.45. The van der Waals surface area contributed by atoms with Gasteiger partial charge in [0.25, 0.3) is 5.91 Å². The lowest BCUT2D eigenvalue weighted by atomic mass is 10.1. The molecule has 2 rings (SSSR count). The number of hydrogen-bond acceptors (Lipinski definition) is 2. The van der Waals surface area contributed by atoms with Crippen LogP contribution in [0.3, 0.4) is 0 Å². The van der Waals surface area contributed by atoms with Gasteiger partial charge in [-0.25, -0.2) is 0 Å². The maximum absolute atomic E-state index is 12.3. The normalized spacial score (nSPS) is 13.0. The minimum atomic E-state index is -0.711. The van der Waals surface area contributed by atoms with Gasteiger partial charge in [0, 0.05) is 20.6 Å². The average Bonchev–Trinajstić information content (AvgIpc) is 2.55. The zero-order valence-corrected chi connectivity index (χ0v) is 15.9. The fraction of sp³-hybridized carbons (Fsp3) is 0.222. The molecule has 0 radical (unpaired) electrons. The molecule has 7 heteroatoms. The smallest absolute Gasteiger partial charge is 0.251 e. The van der Waals surface area contributed by atoms with Crippen LogP contribution >= 0.6 is 34.8 Å². The monoisotopic (exact) mass is 398 g/mol. The summed E-state index contributed by atoms with van der Waals surface area (Å²) in [5, 5.41) is 7.00. The predicted octanol–water partition coefficient (Wildman–Crippen LogP) is 4.64. The van der Waals surface area contributed by atoms with E-state index in [9.17, 15) is 9.59 Å². The molecule has 0 saturated carbocycles. The molecule has 0 aromatic heterocycles. The summed E-state index contributed by atoms with van der Waals surface area (Å²) < 4.78 is 0. The van der Waals surface area contributed by atoms with Gasteiger partial charge in [0.2, 0.25) is 5.91 Å². The van der Waals surface area contributed by atoms with Gasteiger partial charge in [0.05, 0.1) is 6.04 Å². The van der Waals surface area contributed by atoms with Crippen LogP contribution in [0.2, 0.25) is 15.1 Å². The summed E-state index contributed by atoms with van der Waals surface area (Å²) in [6, 6.07) is 10.5. The van der Waals surface area contributed by atoms with Crippen molar-refractivity contribution in [2.24, 2.45) is 0 Å². The van der Waals surface area contributed by atoms with Crippen molar-refractivity contribution >= 4 is 46.6 Å². The van der Waals surface area contributed by atoms with E-state index in [1.807, 2.05) is 0 Å². The van der Waals surface area contributed by atoms with E-state index in [0.29, 0.717) is 20.6 Å². The van der Waals surface area contributed by atoms with Gasteiger partial charge >= 0.3 is 0 Å². The summed E-state index contributed by atoms with van der Waals surface area (Å²) in [6.07, 6.45) is 0. The van der Waals surface area contributed by atoms with Gasteiger partial charge < -0.3 is 10.6 Å². The molecule has 2 N–H and O–H groups in total. The number of benzene rings is 2. The Morgan fingerprint density at radius 1 is 0.880 bits per heavy atom. The lowest BCUT2D eigenvalue weighted by molar-refractivity contribution is -0.123. The second kappa shape index (κ2) is 8.56. The molecule has 2 aromatic rings. The molecule has 0 bridgehead atoms. The molecule has 0 saturated heterocycles. The predicted molar refractivity (Wildman–Crippen MR) is 101 cm³/mol. The SMILES string of the molecule is CC(NC(=O)c1ccc(Cl)cc1)C(=O)NC(C)c1ccc(Cl)cc1Cl. The third-order valence-corrected chi connectivity index (χ3v) is 4.45. The maximum atomic E-state index is 12.3. The highest BCUT2D eigenvalue weighted by Crippen LogP contribution is 2.26. The zero-order valence-electron chi connectivity index (χ0n) is 13.6. The first kappa shape index (κ1) is 19.6. The number of carbonyl (C=O) groups excluding carboxylic acids is 2. The number of hydrogen-bond donors (Lipinski definition) is 2. The molecule has 25 heavy (non-hydrogen) atoms. The second-order valence-electron chi connectivity index (χ2n) is 5.60. The molecule has 2 amide bonds. The number of halogens is 3. The Morgan fingerprint density at radius 3 is 2.08 bits per heavy atom. The van der Waals surface area contributed by atoms with E-state index in [2.05, 4.69) is 10.6 Å². The van der Waals surface area contributed by atoms with E-state index >= 15 is 0 Å². The van der Waals surface area contributed by atoms with E-state index in [1.54, 1.807) is 56.3 Å². The first-order valence-electron chi connectivity index (χ1n) is 7.59. The Hall–Kier alpha value is -1.75. The molecule has 2 aromatic carbocycles. The van der Waals surface area contributed by atoms with Gasteiger partial charge in [-0.2, -0.15) is 0 Å². The van der Waals surface area contributed by atoms with Crippen LogP contribution in [0.4, 0.5) is 0 Å². The number of carbonyl (C=O) groups is 2. The van der Waals surface area contributed by atoms with Crippen LogP contribution in [-0.4, -0.2) is 17.9 Å². The Kier molecular flexibility index (Phi) is 6.71. The Morgan fingerprint density at radius 2 is 1.48 bits per heavy atom. The first-order valence-corrected chi connectivity index (χ1v) is 8.73. The van der Waals surface area contributed by atoms with Crippen molar-refractivity contribution < 1.29 is 9.59 Å². The summed E-state index contributed by atoms with van der Waals surface area (Å²) >= 11 is 17.8. The van der Waals surface area contributed by atoms with E-state index in [0.717, 1.165) is 5.56 Å². The maximum Gasteiger partial charge on any atom is 0.251 e. The molecule has 132 valence electrons. The van der Waals surface area contributed by atoms with Crippen molar-refractivity contribution in [1.29, 1.82) is 0 Å². The number of rotatable bonds is 5. The van der Waals surface area contributed by atoms with Crippen molar-refractivity contribution in [3.8, 4) is 0 Å². The Balaban J connectivity index is 1.97. The first-order chi connectivity index (χ1) is 11.8. The highest BCUT2D eigenvalue weighted by atomic mass is 35.5. The third-order valence-electron chi connectivity index (χ3n) is 3.64. The van der Waals surface area contributed by atoms with Crippen molar-refractivity contribution in [2.45, 2.75) is 25.9 Å². The van der Waals surface area contributed by atoms with Crippen molar-refractivity contribution in [3.63, 3.8) is 0 Å². The fourth-order valence-electron chi connectivity index (χ4n) is 2.22. The second-order valence-corrected chi connectivity index (χ2v) is 6.88. The Bertz CT molecular complexity index is 778. The average molecular weight is 400 g/mol. The molecule has 0 aliphatic rings. The van der Waals surface area contributed by atoms with Crippen LogP contribution in [0.15, 0.2) is 42.5 Å². The molecule has 0 spiro atoms. The van der Waals surface area contributed by atoms with E-state index in [1.165, 1.54) is 0 Å². The highest BCUT2D eigenvalue weighted by molar-refractivity contribution is 6.35. The molecule has 0 heterocycles. The standard InChI is InChI=1S/C18H17Cl3N2O2/c1-10(15-8-7-14(20)9-16(15)21)22-17(24)11(2)23-18(25)12-3-5-13(19)6-4-12/h3-11H,1-2H3,(H,22,24)(H,23,25). The fourth-order valence-corrected chi connectivity index (χ4v) is 2.91.